The molecule has 98 valence electrons. The summed E-state index contributed by atoms with van der Waals surface area (Å²) in [6, 6.07) is 0. The van der Waals surface area contributed by atoms with Crippen LogP contribution in [0.1, 0.15) is 25.7 Å². The van der Waals surface area contributed by atoms with E-state index in [4.69, 9.17) is 69.6 Å². The van der Waals surface area contributed by atoms with Crippen LogP contribution < -0.4 is 0 Å². The van der Waals surface area contributed by atoms with Crippen LogP contribution in [0.15, 0.2) is 0 Å². The van der Waals surface area contributed by atoms with Gasteiger partial charge in [-0.25, -0.2) is 0 Å². The molecule has 0 aromatic carbocycles. The van der Waals surface area contributed by atoms with Crippen molar-refractivity contribution in [1.82, 2.24) is 0 Å². The molecule has 0 unspecified atom stereocenters. The molecule has 0 aliphatic heterocycles. The van der Waals surface area contributed by atoms with Crippen LogP contribution in [0, 0.1) is 0 Å². The second-order valence-electron chi connectivity index (χ2n) is 3.69. The van der Waals surface area contributed by atoms with Crippen LogP contribution in [-0.2, 0) is 0 Å². The van der Waals surface area contributed by atoms with Gasteiger partial charge in [0.15, 0.2) is 0 Å². The fourth-order valence-electron chi connectivity index (χ4n) is 1.20. The molecule has 0 saturated heterocycles. The highest BCUT2D eigenvalue weighted by atomic mass is 35.5. The standard InChI is InChI=1S/C10H16Cl6/c11-5-7(13)1-3-9(15)10(16)4-2-8(14)6-12/h7-10H,1-6H2/t7-,8-,9+,10+/m1/s1. The first-order valence-corrected chi connectivity index (χ1v) is 8.01. The van der Waals surface area contributed by atoms with Gasteiger partial charge >= 0.3 is 0 Å². The molecule has 0 fully saturated rings. The van der Waals surface area contributed by atoms with Crippen molar-refractivity contribution >= 4 is 69.6 Å². The molecule has 0 aliphatic carbocycles. The fourth-order valence-corrected chi connectivity index (χ4v) is 2.26. The molecule has 4 atom stereocenters. The number of hydrogen-bond acceptors (Lipinski definition) is 0. The zero-order valence-electron chi connectivity index (χ0n) is 8.82. The molecule has 0 spiro atoms. The summed E-state index contributed by atoms with van der Waals surface area (Å²) in [5.41, 5.74) is 0. The van der Waals surface area contributed by atoms with E-state index in [1.807, 2.05) is 0 Å². The Bertz CT molecular complexity index is 147. The van der Waals surface area contributed by atoms with E-state index in [-0.39, 0.29) is 21.5 Å². The molecule has 0 saturated carbocycles. The molecule has 0 radical (unpaired) electrons. The summed E-state index contributed by atoms with van der Waals surface area (Å²) < 4.78 is 0. The van der Waals surface area contributed by atoms with Gasteiger partial charge in [0.1, 0.15) is 0 Å². The topological polar surface area (TPSA) is 0 Å². The maximum absolute atomic E-state index is 6.15. The summed E-state index contributed by atoms with van der Waals surface area (Å²) in [4.78, 5) is 0. The van der Waals surface area contributed by atoms with E-state index in [1.165, 1.54) is 0 Å². The predicted octanol–water partition coefficient (Wildman–Crippen LogP) is 5.45. The average Bonchev–Trinajstić information content (AvgIpc) is 2.31. The second kappa shape index (κ2) is 10.6. The summed E-state index contributed by atoms with van der Waals surface area (Å²) >= 11 is 35.3. The highest BCUT2D eigenvalue weighted by Gasteiger charge is 2.19. The monoisotopic (exact) mass is 346 g/mol. The minimum absolute atomic E-state index is 0.0320. The average molecular weight is 349 g/mol. The van der Waals surface area contributed by atoms with Gasteiger partial charge in [-0.15, -0.1) is 69.6 Å². The lowest BCUT2D eigenvalue weighted by Gasteiger charge is -2.17. The Balaban J connectivity index is 3.68. The van der Waals surface area contributed by atoms with Crippen LogP contribution in [0.4, 0.5) is 0 Å². The molecular weight excluding hydrogens is 333 g/mol. The van der Waals surface area contributed by atoms with Gasteiger partial charge < -0.3 is 0 Å². The Morgan fingerprint density at radius 1 is 0.562 bits per heavy atom. The summed E-state index contributed by atoms with van der Waals surface area (Å²) in [6.45, 7) is 0. The van der Waals surface area contributed by atoms with Gasteiger partial charge in [-0.1, -0.05) is 0 Å². The van der Waals surface area contributed by atoms with Gasteiger partial charge in [0.05, 0.1) is 0 Å². The van der Waals surface area contributed by atoms with Crippen LogP contribution in [0.3, 0.4) is 0 Å². The highest BCUT2D eigenvalue weighted by molar-refractivity contribution is 6.30. The predicted molar refractivity (Wildman–Crippen MR) is 78.5 cm³/mol. The van der Waals surface area contributed by atoms with Gasteiger partial charge in [-0.05, 0) is 25.7 Å². The number of halogens is 6. The third-order valence-corrected chi connectivity index (χ3v) is 5.22. The molecule has 0 aliphatic rings. The van der Waals surface area contributed by atoms with Crippen molar-refractivity contribution in [2.75, 3.05) is 11.8 Å². The van der Waals surface area contributed by atoms with E-state index in [2.05, 4.69) is 0 Å². The van der Waals surface area contributed by atoms with Crippen LogP contribution in [0.5, 0.6) is 0 Å². The smallest absolute Gasteiger partial charge is 0.0500 e. The first kappa shape index (κ1) is 17.7. The SMILES string of the molecule is ClC[C@H](Cl)CC[C@H](Cl)[C@@H](Cl)CC[C@@H](Cl)CCl. The van der Waals surface area contributed by atoms with Gasteiger partial charge in [-0.2, -0.15) is 0 Å². The molecule has 0 rings (SSSR count). The van der Waals surface area contributed by atoms with Crippen molar-refractivity contribution in [3.05, 3.63) is 0 Å². The molecule has 0 amide bonds. The zero-order valence-corrected chi connectivity index (χ0v) is 13.4. The molecule has 0 N–H and O–H groups in total. The summed E-state index contributed by atoms with van der Waals surface area (Å²) in [5, 5.41) is -0.249. The summed E-state index contributed by atoms with van der Waals surface area (Å²) in [6.07, 6.45) is 3.10. The van der Waals surface area contributed by atoms with Crippen LogP contribution in [0.2, 0.25) is 0 Å². The first-order chi connectivity index (χ1) is 7.51. The Morgan fingerprint density at radius 2 is 0.875 bits per heavy atom. The summed E-state index contributed by atoms with van der Waals surface area (Å²) in [7, 11) is 0. The van der Waals surface area contributed by atoms with Crippen molar-refractivity contribution in [3.63, 3.8) is 0 Å². The number of alkyl halides is 6. The van der Waals surface area contributed by atoms with E-state index >= 15 is 0 Å². The minimum Gasteiger partial charge on any atom is -0.125 e. The molecule has 6 heteroatoms. The third kappa shape index (κ3) is 8.78. The highest BCUT2D eigenvalue weighted by Crippen LogP contribution is 2.23. The molecular formula is C10H16Cl6. The van der Waals surface area contributed by atoms with Crippen LogP contribution in [-0.4, -0.2) is 33.3 Å². The van der Waals surface area contributed by atoms with Gasteiger partial charge in [0.25, 0.3) is 0 Å². The zero-order chi connectivity index (χ0) is 12.6. The molecule has 0 aromatic rings. The maximum Gasteiger partial charge on any atom is 0.0500 e. The normalized spacial score (nSPS) is 19.1. The molecule has 0 bridgehead atoms. The van der Waals surface area contributed by atoms with Crippen molar-refractivity contribution in [3.8, 4) is 0 Å². The number of rotatable bonds is 9. The Labute approximate surface area is 128 Å². The molecule has 0 aromatic heterocycles. The van der Waals surface area contributed by atoms with E-state index in [0.29, 0.717) is 11.8 Å². The fraction of sp³-hybridized carbons (Fsp3) is 1.00. The molecule has 16 heavy (non-hydrogen) atoms. The van der Waals surface area contributed by atoms with Gasteiger partial charge in [0.2, 0.25) is 0 Å². The molecule has 0 nitrogen and oxygen atoms in total. The van der Waals surface area contributed by atoms with E-state index in [0.717, 1.165) is 25.7 Å². The van der Waals surface area contributed by atoms with Crippen molar-refractivity contribution < 1.29 is 0 Å². The van der Waals surface area contributed by atoms with Crippen molar-refractivity contribution in [1.29, 1.82) is 0 Å². The Kier molecular flexibility index (Phi) is 11.8. The Hall–Kier alpha value is 1.74. The minimum atomic E-state index is -0.0923. The first-order valence-electron chi connectivity index (χ1n) is 5.19. The molecule has 0 heterocycles. The largest absolute Gasteiger partial charge is 0.125 e. The lowest BCUT2D eigenvalue weighted by atomic mass is 10.1. The van der Waals surface area contributed by atoms with E-state index in [9.17, 15) is 0 Å². The second-order valence-corrected chi connectivity index (χ2v) is 6.66. The lowest BCUT2D eigenvalue weighted by molar-refractivity contribution is 0.604. The van der Waals surface area contributed by atoms with Gasteiger partial charge in [-0.3, -0.25) is 0 Å². The van der Waals surface area contributed by atoms with Crippen molar-refractivity contribution in [2.24, 2.45) is 0 Å². The van der Waals surface area contributed by atoms with Gasteiger partial charge in [0, 0.05) is 33.3 Å². The maximum atomic E-state index is 6.15. The third-order valence-electron chi connectivity index (χ3n) is 2.24. The van der Waals surface area contributed by atoms with Crippen LogP contribution >= 0.6 is 69.6 Å². The van der Waals surface area contributed by atoms with Crippen LogP contribution in [0.25, 0.3) is 0 Å². The number of hydrogen-bond donors (Lipinski definition) is 0. The summed E-state index contributed by atoms with van der Waals surface area (Å²) in [5.74, 6) is 0.877. The quantitative estimate of drug-likeness (QED) is 0.486. The van der Waals surface area contributed by atoms with Crippen molar-refractivity contribution in [2.45, 2.75) is 47.2 Å². The van der Waals surface area contributed by atoms with E-state index in [1.54, 1.807) is 0 Å². The van der Waals surface area contributed by atoms with E-state index < -0.39 is 0 Å². The lowest BCUT2D eigenvalue weighted by Crippen LogP contribution is -2.18. The Morgan fingerprint density at radius 3 is 1.12 bits per heavy atom.